The van der Waals surface area contributed by atoms with Crippen LogP contribution in [0.3, 0.4) is 0 Å². The Morgan fingerprint density at radius 3 is 2.18 bits per heavy atom. The summed E-state index contributed by atoms with van der Waals surface area (Å²) in [6.45, 7) is 1.78. The molecule has 0 heterocycles. The number of amides is 3. The van der Waals surface area contributed by atoms with Gasteiger partial charge in [-0.05, 0) is 77.9 Å². The first-order valence-corrected chi connectivity index (χ1v) is 15.3. The van der Waals surface area contributed by atoms with Crippen molar-refractivity contribution in [3.63, 3.8) is 0 Å². The molecule has 9 heteroatoms. The average Bonchev–Trinajstić information content (AvgIpc) is 3.01. The van der Waals surface area contributed by atoms with Crippen molar-refractivity contribution in [2.24, 2.45) is 0 Å². The van der Waals surface area contributed by atoms with Gasteiger partial charge in [0.25, 0.3) is 11.8 Å². The van der Waals surface area contributed by atoms with Crippen LogP contribution in [0.1, 0.15) is 22.8 Å². The highest BCUT2D eigenvalue weighted by atomic mass is 35.5. The molecule has 0 aliphatic heterocycles. The first kappa shape index (κ1) is 30.9. The van der Waals surface area contributed by atoms with Crippen LogP contribution >= 0.6 is 35.0 Å². The van der Waals surface area contributed by atoms with Crippen LogP contribution in [0.2, 0.25) is 10.0 Å². The van der Waals surface area contributed by atoms with E-state index in [0.29, 0.717) is 27.0 Å². The van der Waals surface area contributed by atoms with E-state index in [-0.39, 0.29) is 11.6 Å². The summed E-state index contributed by atoms with van der Waals surface area (Å²) in [6.07, 6.45) is 1.67. The highest BCUT2D eigenvalue weighted by Gasteiger charge is 2.18. The molecule has 0 spiro atoms. The Labute approximate surface area is 269 Å². The minimum atomic E-state index is -0.493. The van der Waals surface area contributed by atoms with Gasteiger partial charge >= 0.3 is 0 Å². The Hall–Kier alpha value is -4.56. The molecule has 0 aliphatic rings. The molecule has 0 fully saturated rings. The quantitative estimate of drug-likeness (QED) is 0.111. The van der Waals surface area contributed by atoms with E-state index in [2.05, 4.69) is 16.0 Å². The van der Waals surface area contributed by atoms with E-state index in [1.807, 2.05) is 54.6 Å². The lowest BCUT2D eigenvalue weighted by molar-refractivity contribution is -0.115. The zero-order chi connectivity index (χ0) is 31.1. The maximum absolute atomic E-state index is 13.6. The van der Waals surface area contributed by atoms with Crippen molar-refractivity contribution in [1.29, 1.82) is 0 Å². The molecule has 5 rings (SSSR count). The second-order valence-electron chi connectivity index (χ2n) is 9.84. The number of hydrogen-bond acceptors (Lipinski definition) is 4. The standard InChI is InChI=1S/C35H27Cl2N3O3S/c1-22(33(41)39-29-19-26(36)18-27(37)20-29)44-30-15-8-14-28(21-30)38-35(43)32(40-34(42)24-10-3-2-4-11-24)17-25-13-7-12-23-9-5-6-16-31(23)25/h2-22H,1H3,(H,38,43)(H,39,41)(H,40,42)/b32-17+. The van der Waals surface area contributed by atoms with Gasteiger partial charge in [0.05, 0.1) is 5.25 Å². The predicted octanol–water partition coefficient (Wildman–Crippen LogP) is 8.68. The first-order valence-electron chi connectivity index (χ1n) is 13.7. The summed E-state index contributed by atoms with van der Waals surface area (Å²) in [5, 5.41) is 10.8. The largest absolute Gasteiger partial charge is 0.325 e. The molecule has 44 heavy (non-hydrogen) atoms. The average molecular weight is 641 g/mol. The van der Waals surface area contributed by atoms with Crippen LogP contribution < -0.4 is 16.0 Å². The Morgan fingerprint density at radius 1 is 0.727 bits per heavy atom. The predicted molar refractivity (Wildman–Crippen MR) is 181 cm³/mol. The molecule has 0 radical (unpaired) electrons. The third-order valence-corrected chi connectivity index (χ3v) is 8.09. The van der Waals surface area contributed by atoms with Crippen LogP contribution in [-0.2, 0) is 9.59 Å². The molecule has 220 valence electrons. The molecule has 0 aliphatic carbocycles. The Balaban J connectivity index is 1.35. The van der Waals surface area contributed by atoms with Gasteiger partial charge in [0.15, 0.2) is 0 Å². The van der Waals surface area contributed by atoms with Crippen LogP contribution in [0.25, 0.3) is 16.8 Å². The number of nitrogens with one attached hydrogen (secondary N) is 3. The lowest BCUT2D eigenvalue weighted by Gasteiger charge is -2.14. The normalized spacial score (nSPS) is 11.9. The maximum Gasteiger partial charge on any atom is 0.272 e. The van der Waals surface area contributed by atoms with Crippen molar-refractivity contribution in [2.45, 2.75) is 17.1 Å². The van der Waals surface area contributed by atoms with Gasteiger partial charge in [0.2, 0.25) is 5.91 Å². The van der Waals surface area contributed by atoms with E-state index in [0.717, 1.165) is 21.2 Å². The Bertz CT molecular complexity index is 1850. The minimum Gasteiger partial charge on any atom is -0.325 e. The van der Waals surface area contributed by atoms with Crippen molar-refractivity contribution in [2.75, 3.05) is 10.6 Å². The van der Waals surface area contributed by atoms with Crippen molar-refractivity contribution < 1.29 is 14.4 Å². The van der Waals surface area contributed by atoms with E-state index in [1.165, 1.54) is 11.8 Å². The van der Waals surface area contributed by atoms with Crippen LogP contribution in [0.15, 0.2) is 126 Å². The molecule has 6 nitrogen and oxygen atoms in total. The monoisotopic (exact) mass is 639 g/mol. The maximum atomic E-state index is 13.6. The van der Waals surface area contributed by atoms with E-state index < -0.39 is 17.1 Å². The van der Waals surface area contributed by atoms with Gasteiger partial charge in [-0.25, -0.2) is 0 Å². The third kappa shape index (κ3) is 8.08. The second kappa shape index (κ2) is 14.3. The molecular weight excluding hydrogens is 613 g/mol. The number of fused-ring (bicyclic) bond motifs is 1. The lowest BCUT2D eigenvalue weighted by Crippen LogP contribution is -2.30. The number of hydrogen-bond donors (Lipinski definition) is 3. The van der Waals surface area contributed by atoms with Gasteiger partial charge in [0, 0.05) is 31.9 Å². The Kier molecular flexibility index (Phi) is 10.0. The zero-order valence-electron chi connectivity index (χ0n) is 23.5. The van der Waals surface area contributed by atoms with Gasteiger partial charge in [-0.1, -0.05) is 89.9 Å². The lowest BCUT2D eigenvalue weighted by atomic mass is 10.0. The minimum absolute atomic E-state index is 0.0844. The number of thioether (sulfide) groups is 1. The molecule has 5 aromatic carbocycles. The smallest absolute Gasteiger partial charge is 0.272 e. The fraction of sp³-hybridized carbons (Fsp3) is 0.0571. The van der Waals surface area contributed by atoms with Gasteiger partial charge in [0.1, 0.15) is 5.70 Å². The number of anilines is 2. The fourth-order valence-corrected chi connectivity index (χ4v) is 5.90. The van der Waals surface area contributed by atoms with Crippen molar-refractivity contribution in [1.82, 2.24) is 5.32 Å². The van der Waals surface area contributed by atoms with E-state index in [9.17, 15) is 14.4 Å². The van der Waals surface area contributed by atoms with Crippen LogP contribution in [-0.4, -0.2) is 23.0 Å². The number of halogens is 2. The molecule has 1 atom stereocenters. The number of rotatable bonds is 9. The van der Waals surface area contributed by atoms with Gasteiger partial charge in [-0.2, -0.15) is 0 Å². The summed E-state index contributed by atoms with van der Waals surface area (Å²) in [4.78, 5) is 40.3. The molecule has 3 amide bonds. The van der Waals surface area contributed by atoms with Gasteiger partial charge < -0.3 is 16.0 Å². The summed E-state index contributed by atoms with van der Waals surface area (Å²) < 4.78 is 0. The topological polar surface area (TPSA) is 87.3 Å². The number of benzene rings is 5. The van der Waals surface area contributed by atoms with E-state index >= 15 is 0 Å². The molecule has 1 unspecified atom stereocenters. The van der Waals surface area contributed by atoms with Crippen LogP contribution in [0.5, 0.6) is 0 Å². The highest BCUT2D eigenvalue weighted by Crippen LogP contribution is 2.28. The van der Waals surface area contributed by atoms with Crippen LogP contribution in [0, 0.1) is 0 Å². The summed E-state index contributed by atoms with van der Waals surface area (Å²) in [5.74, 6) is -1.13. The molecule has 0 saturated carbocycles. The Morgan fingerprint density at radius 2 is 1.41 bits per heavy atom. The fourth-order valence-electron chi connectivity index (χ4n) is 4.45. The summed E-state index contributed by atoms with van der Waals surface area (Å²) in [7, 11) is 0. The molecule has 5 aromatic rings. The summed E-state index contributed by atoms with van der Waals surface area (Å²) in [5.41, 5.74) is 2.30. The second-order valence-corrected chi connectivity index (χ2v) is 12.1. The molecule has 0 bridgehead atoms. The van der Waals surface area contributed by atoms with E-state index in [1.54, 1.807) is 73.7 Å². The van der Waals surface area contributed by atoms with Crippen molar-refractivity contribution in [3.05, 3.63) is 142 Å². The molecule has 3 N–H and O–H groups in total. The van der Waals surface area contributed by atoms with Crippen LogP contribution in [0.4, 0.5) is 11.4 Å². The van der Waals surface area contributed by atoms with Gasteiger partial charge in [-0.3, -0.25) is 14.4 Å². The third-order valence-electron chi connectivity index (χ3n) is 6.56. The number of carbonyl (C=O) groups excluding carboxylic acids is 3. The summed E-state index contributed by atoms with van der Waals surface area (Å²) in [6, 6.07) is 34.3. The highest BCUT2D eigenvalue weighted by molar-refractivity contribution is 8.00. The zero-order valence-corrected chi connectivity index (χ0v) is 25.8. The molecule has 0 saturated heterocycles. The summed E-state index contributed by atoms with van der Waals surface area (Å²) >= 11 is 13.4. The van der Waals surface area contributed by atoms with Crippen molar-refractivity contribution in [3.8, 4) is 0 Å². The SMILES string of the molecule is CC(Sc1cccc(NC(=O)/C(=C\c2cccc3ccccc23)NC(=O)c2ccccc2)c1)C(=O)Nc1cc(Cl)cc(Cl)c1. The molecular formula is C35H27Cl2N3O3S. The van der Waals surface area contributed by atoms with Crippen molar-refractivity contribution >= 4 is 80.9 Å². The molecule has 0 aromatic heterocycles. The first-order chi connectivity index (χ1) is 21.2. The number of carbonyl (C=O) groups is 3. The van der Waals surface area contributed by atoms with Gasteiger partial charge in [-0.15, -0.1) is 11.8 Å². The van der Waals surface area contributed by atoms with E-state index in [4.69, 9.17) is 23.2 Å².